The second-order valence-electron chi connectivity index (χ2n) is 6.57. The molecule has 0 spiro atoms. The maximum atomic E-state index is 12.7. The number of carbonyl (C=O) groups is 3. The van der Waals surface area contributed by atoms with Crippen LogP contribution in [-0.2, 0) is 15.1 Å². The molecule has 0 unspecified atom stereocenters. The minimum atomic E-state index is -1.14. The van der Waals surface area contributed by atoms with Crippen LogP contribution in [0.25, 0.3) is 0 Å². The molecule has 24 heavy (non-hydrogen) atoms. The van der Waals surface area contributed by atoms with Crippen molar-refractivity contribution in [3.05, 3.63) is 35.4 Å². The summed E-state index contributed by atoms with van der Waals surface area (Å²) in [5.41, 5.74) is 0.633. The van der Waals surface area contributed by atoms with E-state index in [4.69, 9.17) is 0 Å². The Morgan fingerprint density at radius 1 is 1.29 bits per heavy atom. The molecule has 0 aromatic heterocycles. The Labute approximate surface area is 142 Å². The average Bonchev–Trinajstić information content (AvgIpc) is 2.72. The van der Waals surface area contributed by atoms with Crippen LogP contribution in [0.15, 0.2) is 24.3 Å². The molecule has 4 amide bonds. The molecule has 1 aromatic carbocycles. The van der Waals surface area contributed by atoms with Crippen LogP contribution >= 0.6 is 0 Å². The fourth-order valence-electron chi connectivity index (χ4n) is 2.89. The second kappa shape index (κ2) is 7.03. The van der Waals surface area contributed by atoms with E-state index in [9.17, 15) is 14.4 Å². The molecule has 2 rings (SSSR count). The van der Waals surface area contributed by atoms with E-state index in [0.29, 0.717) is 5.56 Å². The molecule has 0 aliphatic carbocycles. The molecule has 2 atom stereocenters. The van der Waals surface area contributed by atoms with Crippen molar-refractivity contribution < 1.29 is 14.4 Å². The van der Waals surface area contributed by atoms with Crippen molar-refractivity contribution in [2.75, 3.05) is 6.54 Å². The molecule has 0 saturated carbocycles. The first-order valence-corrected chi connectivity index (χ1v) is 8.28. The van der Waals surface area contributed by atoms with Gasteiger partial charge in [0.25, 0.3) is 5.91 Å². The highest BCUT2D eigenvalue weighted by Crippen LogP contribution is 2.28. The van der Waals surface area contributed by atoms with Gasteiger partial charge in [0.15, 0.2) is 0 Å². The fourth-order valence-corrected chi connectivity index (χ4v) is 2.89. The predicted octanol–water partition coefficient (Wildman–Crippen LogP) is 2.07. The lowest BCUT2D eigenvalue weighted by Crippen LogP contribution is -2.44. The van der Waals surface area contributed by atoms with Crippen LogP contribution < -0.4 is 10.6 Å². The lowest BCUT2D eigenvalue weighted by Gasteiger charge is -2.22. The highest BCUT2D eigenvalue weighted by atomic mass is 16.2. The first-order valence-electron chi connectivity index (χ1n) is 8.28. The van der Waals surface area contributed by atoms with Crippen molar-refractivity contribution in [2.24, 2.45) is 0 Å². The number of nitrogens with one attached hydrogen (secondary N) is 2. The van der Waals surface area contributed by atoms with Crippen molar-refractivity contribution in [1.82, 2.24) is 15.5 Å². The molecule has 1 saturated heterocycles. The summed E-state index contributed by atoms with van der Waals surface area (Å²) in [7, 11) is 0. The highest BCUT2D eigenvalue weighted by Gasteiger charge is 2.49. The zero-order valence-electron chi connectivity index (χ0n) is 14.7. The number of hydrogen-bond acceptors (Lipinski definition) is 3. The summed E-state index contributed by atoms with van der Waals surface area (Å²) in [5.74, 6) is -0.734. The van der Waals surface area contributed by atoms with E-state index in [-0.39, 0.29) is 18.5 Å². The van der Waals surface area contributed by atoms with E-state index in [0.717, 1.165) is 23.3 Å². The van der Waals surface area contributed by atoms with Crippen LogP contribution in [0.5, 0.6) is 0 Å². The molecular weight excluding hydrogens is 306 g/mol. The first kappa shape index (κ1) is 18.0. The Hall–Kier alpha value is -2.37. The fraction of sp³-hybridized carbons (Fsp3) is 0.500. The van der Waals surface area contributed by atoms with Gasteiger partial charge in [-0.1, -0.05) is 43.2 Å². The Morgan fingerprint density at radius 3 is 2.50 bits per heavy atom. The summed E-state index contributed by atoms with van der Waals surface area (Å²) >= 11 is 0. The minimum absolute atomic E-state index is 0.0201. The number of carbonyl (C=O) groups excluding carboxylic acids is 3. The van der Waals surface area contributed by atoms with Gasteiger partial charge < -0.3 is 10.6 Å². The van der Waals surface area contributed by atoms with E-state index in [1.807, 2.05) is 45.0 Å². The van der Waals surface area contributed by atoms with Crippen molar-refractivity contribution >= 4 is 17.8 Å². The Balaban J connectivity index is 2.11. The van der Waals surface area contributed by atoms with Gasteiger partial charge in [0.05, 0.1) is 0 Å². The van der Waals surface area contributed by atoms with E-state index in [1.54, 1.807) is 6.92 Å². The summed E-state index contributed by atoms with van der Waals surface area (Å²) in [6, 6.07) is 6.90. The highest BCUT2D eigenvalue weighted by molar-refractivity contribution is 6.09. The molecule has 130 valence electrons. The number of hydrogen-bond donors (Lipinski definition) is 2. The number of aryl methyl sites for hydroxylation is 1. The number of urea groups is 1. The zero-order chi connectivity index (χ0) is 17.9. The Bertz CT molecular complexity index is 641. The van der Waals surface area contributed by atoms with Gasteiger partial charge in [-0.25, -0.2) is 4.79 Å². The number of nitrogens with zero attached hydrogens (tertiary/aromatic N) is 1. The summed E-state index contributed by atoms with van der Waals surface area (Å²) in [4.78, 5) is 38.0. The Morgan fingerprint density at radius 2 is 1.92 bits per heavy atom. The van der Waals surface area contributed by atoms with Crippen molar-refractivity contribution in [3.8, 4) is 0 Å². The summed E-state index contributed by atoms with van der Waals surface area (Å²) < 4.78 is 0. The molecule has 0 bridgehead atoms. The van der Waals surface area contributed by atoms with E-state index in [2.05, 4.69) is 10.6 Å². The number of imide groups is 1. The summed E-state index contributed by atoms with van der Waals surface area (Å²) in [6.45, 7) is 7.29. The lowest BCUT2D eigenvalue weighted by molar-refractivity contribution is -0.135. The molecule has 1 aliphatic rings. The number of rotatable bonds is 6. The lowest BCUT2D eigenvalue weighted by atomic mass is 9.91. The SMILES string of the molecule is CCC[C@H](C)NC(=O)CN1C(=O)N[C@@](C)(c2ccc(C)cc2)C1=O. The molecule has 1 aliphatic heterocycles. The molecule has 1 fully saturated rings. The third-order valence-electron chi connectivity index (χ3n) is 4.33. The minimum Gasteiger partial charge on any atom is -0.352 e. The molecule has 2 N–H and O–H groups in total. The van der Waals surface area contributed by atoms with Gasteiger partial charge in [0.1, 0.15) is 12.1 Å². The average molecular weight is 331 g/mol. The molecule has 6 heteroatoms. The molecular formula is C18H25N3O3. The van der Waals surface area contributed by atoms with E-state index < -0.39 is 17.5 Å². The number of benzene rings is 1. The standard InChI is InChI=1S/C18H25N3O3/c1-5-6-13(3)19-15(22)11-21-16(23)18(4,20-17(21)24)14-9-7-12(2)8-10-14/h7-10,13H,5-6,11H2,1-4H3,(H,19,22)(H,20,24)/t13-,18-/m0/s1. The van der Waals surface area contributed by atoms with Crippen molar-refractivity contribution in [1.29, 1.82) is 0 Å². The van der Waals surface area contributed by atoms with Crippen LogP contribution in [0.4, 0.5) is 4.79 Å². The normalized spacial score (nSPS) is 21.6. The van der Waals surface area contributed by atoms with Gasteiger partial charge in [-0.15, -0.1) is 0 Å². The number of amides is 4. The molecule has 1 aromatic rings. The van der Waals surface area contributed by atoms with Crippen LogP contribution in [0.1, 0.15) is 44.7 Å². The molecule has 6 nitrogen and oxygen atoms in total. The summed E-state index contributed by atoms with van der Waals surface area (Å²) in [6.07, 6.45) is 1.81. The largest absolute Gasteiger partial charge is 0.352 e. The third kappa shape index (κ3) is 3.58. The topological polar surface area (TPSA) is 78.5 Å². The van der Waals surface area contributed by atoms with Crippen LogP contribution in [-0.4, -0.2) is 35.3 Å². The Kier molecular flexibility index (Phi) is 5.26. The maximum Gasteiger partial charge on any atom is 0.325 e. The van der Waals surface area contributed by atoms with Crippen molar-refractivity contribution in [3.63, 3.8) is 0 Å². The van der Waals surface area contributed by atoms with Gasteiger partial charge in [0, 0.05) is 6.04 Å². The second-order valence-corrected chi connectivity index (χ2v) is 6.57. The van der Waals surface area contributed by atoms with Crippen molar-refractivity contribution in [2.45, 2.75) is 52.1 Å². The van der Waals surface area contributed by atoms with E-state index >= 15 is 0 Å². The van der Waals surface area contributed by atoms with Gasteiger partial charge in [-0.05, 0) is 32.8 Å². The maximum absolute atomic E-state index is 12.7. The van der Waals surface area contributed by atoms with Gasteiger partial charge in [-0.2, -0.15) is 0 Å². The van der Waals surface area contributed by atoms with Gasteiger partial charge >= 0.3 is 6.03 Å². The van der Waals surface area contributed by atoms with Gasteiger partial charge in [0.2, 0.25) is 5.91 Å². The molecule has 1 heterocycles. The first-order chi connectivity index (χ1) is 11.3. The third-order valence-corrected chi connectivity index (χ3v) is 4.33. The molecule has 0 radical (unpaired) electrons. The van der Waals surface area contributed by atoms with Crippen LogP contribution in [0, 0.1) is 6.92 Å². The monoisotopic (exact) mass is 331 g/mol. The van der Waals surface area contributed by atoms with E-state index in [1.165, 1.54) is 0 Å². The van der Waals surface area contributed by atoms with Gasteiger partial charge in [-0.3, -0.25) is 14.5 Å². The zero-order valence-corrected chi connectivity index (χ0v) is 14.7. The van der Waals surface area contributed by atoms with Crippen LogP contribution in [0.3, 0.4) is 0 Å². The smallest absolute Gasteiger partial charge is 0.325 e. The van der Waals surface area contributed by atoms with Crippen LogP contribution in [0.2, 0.25) is 0 Å². The quantitative estimate of drug-likeness (QED) is 0.783. The summed E-state index contributed by atoms with van der Waals surface area (Å²) in [5, 5.41) is 5.52. The predicted molar refractivity (Wildman–Crippen MR) is 91.3 cm³/mol.